The van der Waals surface area contributed by atoms with Crippen molar-refractivity contribution in [2.24, 2.45) is 0 Å². The van der Waals surface area contributed by atoms with Crippen LogP contribution in [0.3, 0.4) is 0 Å². The maximum absolute atomic E-state index is 13.3. The Morgan fingerprint density at radius 2 is 1.84 bits per heavy atom. The number of hydrogen-bond donors (Lipinski definition) is 2. The van der Waals surface area contributed by atoms with E-state index in [1.807, 2.05) is 4.90 Å². The Labute approximate surface area is 222 Å². The highest BCUT2D eigenvalue weighted by atomic mass is 28.4. The quantitative estimate of drug-likeness (QED) is 0.461. The number of nitrogens with zero attached hydrogens (tertiary/aromatic N) is 4. The van der Waals surface area contributed by atoms with Gasteiger partial charge in [0, 0.05) is 38.4 Å². The van der Waals surface area contributed by atoms with Crippen molar-refractivity contribution in [2.45, 2.75) is 89.1 Å². The molecule has 1 aromatic heterocycles. The van der Waals surface area contributed by atoms with Crippen molar-refractivity contribution in [3.8, 4) is 0 Å². The van der Waals surface area contributed by atoms with Crippen molar-refractivity contribution >= 4 is 26.3 Å². The van der Waals surface area contributed by atoms with Gasteiger partial charge in [-0.25, -0.2) is 14.8 Å². The number of likely N-dealkylation sites (tertiary alicyclic amines) is 1. The summed E-state index contributed by atoms with van der Waals surface area (Å²) in [6.07, 6.45) is -4.17. The molecule has 0 aromatic carbocycles. The molecule has 0 radical (unpaired) electrons. The van der Waals surface area contributed by atoms with Gasteiger partial charge in [-0.3, -0.25) is 4.79 Å². The van der Waals surface area contributed by atoms with E-state index in [0.717, 1.165) is 12.4 Å². The molecule has 214 valence electrons. The first kappa shape index (κ1) is 30.1. The first-order valence-electron chi connectivity index (χ1n) is 12.7. The van der Waals surface area contributed by atoms with Crippen molar-refractivity contribution < 1.29 is 37.0 Å². The molecule has 38 heavy (non-hydrogen) atoms. The molecule has 1 aromatic rings. The van der Waals surface area contributed by atoms with E-state index in [1.165, 1.54) is 0 Å². The Morgan fingerprint density at radius 1 is 1.21 bits per heavy atom. The second-order valence-corrected chi connectivity index (χ2v) is 16.2. The van der Waals surface area contributed by atoms with Crippen LogP contribution in [0.5, 0.6) is 0 Å². The number of hydrogen-bond acceptors (Lipinski definition) is 7. The summed E-state index contributed by atoms with van der Waals surface area (Å²) in [4.78, 5) is 35.6. The van der Waals surface area contributed by atoms with Gasteiger partial charge in [-0.15, -0.1) is 0 Å². The number of carboxylic acid groups (broad SMARTS) is 1. The topological polar surface area (TPSA) is 117 Å². The predicted molar refractivity (Wildman–Crippen MR) is 136 cm³/mol. The zero-order valence-electron chi connectivity index (χ0n) is 22.7. The minimum Gasteiger partial charge on any atom is -0.465 e. The summed E-state index contributed by atoms with van der Waals surface area (Å²) in [5.74, 6) is 0.0229. The Hall–Kier alpha value is -2.45. The maximum Gasteiger partial charge on any atom is 0.419 e. The van der Waals surface area contributed by atoms with Crippen LogP contribution in [0.15, 0.2) is 12.4 Å². The highest BCUT2D eigenvalue weighted by molar-refractivity contribution is 6.74. The van der Waals surface area contributed by atoms with E-state index in [-0.39, 0.29) is 29.5 Å². The SMILES string of the molecule is CC(COC1CCN([C@H]2CCN(c3ncc(C(F)(F)F)cn3)C[C@H]2O[Si](C)(C)C(C)(C)C)C1=O)NC(=O)O. The van der Waals surface area contributed by atoms with E-state index in [0.29, 0.717) is 32.5 Å². The third-order valence-electron chi connectivity index (χ3n) is 7.53. The molecule has 2 amide bonds. The van der Waals surface area contributed by atoms with Gasteiger partial charge in [0.25, 0.3) is 5.91 Å². The lowest BCUT2D eigenvalue weighted by Gasteiger charge is -2.47. The van der Waals surface area contributed by atoms with Gasteiger partial charge < -0.3 is 29.4 Å². The summed E-state index contributed by atoms with van der Waals surface area (Å²) in [5, 5.41) is 11.1. The zero-order valence-corrected chi connectivity index (χ0v) is 23.7. The van der Waals surface area contributed by atoms with Crippen molar-refractivity contribution in [2.75, 3.05) is 31.1 Å². The van der Waals surface area contributed by atoms with Gasteiger partial charge in [-0.2, -0.15) is 13.2 Å². The van der Waals surface area contributed by atoms with Crippen LogP contribution >= 0.6 is 0 Å². The van der Waals surface area contributed by atoms with Crippen LogP contribution in [0.2, 0.25) is 18.1 Å². The van der Waals surface area contributed by atoms with Crippen LogP contribution in [0.25, 0.3) is 0 Å². The summed E-state index contributed by atoms with van der Waals surface area (Å²) >= 11 is 0. The lowest BCUT2D eigenvalue weighted by Crippen LogP contribution is -2.60. The molecule has 2 saturated heterocycles. The number of alkyl halides is 3. The molecule has 2 unspecified atom stereocenters. The van der Waals surface area contributed by atoms with Crippen molar-refractivity contribution in [1.29, 1.82) is 0 Å². The third-order valence-corrected chi connectivity index (χ3v) is 12.0. The van der Waals surface area contributed by atoms with E-state index in [2.05, 4.69) is 49.1 Å². The first-order valence-corrected chi connectivity index (χ1v) is 15.6. The van der Waals surface area contributed by atoms with E-state index in [9.17, 15) is 22.8 Å². The van der Waals surface area contributed by atoms with Crippen LogP contribution in [0.4, 0.5) is 23.9 Å². The molecule has 0 saturated carbocycles. The average molecular weight is 562 g/mol. The number of ether oxygens (including phenoxy) is 1. The van der Waals surface area contributed by atoms with Gasteiger partial charge >= 0.3 is 12.3 Å². The third kappa shape index (κ3) is 7.14. The fourth-order valence-corrected chi connectivity index (χ4v) is 5.76. The number of nitrogens with one attached hydrogen (secondary N) is 1. The van der Waals surface area contributed by atoms with Crippen LogP contribution in [-0.2, 0) is 20.1 Å². The lowest BCUT2D eigenvalue weighted by atomic mass is 10.0. The highest BCUT2D eigenvalue weighted by Crippen LogP contribution is 2.39. The Morgan fingerprint density at radius 3 is 2.39 bits per heavy atom. The molecule has 3 rings (SSSR count). The number of carbonyl (C=O) groups is 2. The Bertz CT molecular complexity index is 989. The molecule has 2 aliphatic rings. The largest absolute Gasteiger partial charge is 0.465 e. The summed E-state index contributed by atoms with van der Waals surface area (Å²) in [7, 11) is -2.28. The zero-order chi connectivity index (χ0) is 28.5. The molecular formula is C24H38F3N5O5Si. The summed E-state index contributed by atoms with van der Waals surface area (Å²) in [5.41, 5.74) is -0.910. The molecule has 0 aliphatic carbocycles. The van der Waals surface area contributed by atoms with E-state index in [1.54, 1.807) is 11.8 Å². The van der Waals surface area contributed by atoms with Gasteiger partial charge in [0.15, 0.2) is 8.32 Å². The number of halogens is 3. The van der Waals surface area contributed by atoms with Crippen LogP contribution in [-0.4, -0.2) is 90.8 Å². The Kier molecular flexibility index (Phi) is 8.98. The Balaban J connectivity index is 1.76. The van der Waals surface area contributed by atoms with Crippen LogP contribution < -0.4 is 10.2 Å². The minimum absolute atomic E-state index is 0.0736. The maximum atomic E-state index is 13.3. The van der Waals surface area contributed by atoms with E-state index >= 15 is 0 Å². The molecular weight excluding hydrogens is 523 g/mol. The first-order chi connectivity index (χ1) is 17.5. The normalized spacial score (nSPS) is 24.0. The standard InChI is InChI=1S/C24H38F3N5O5Si/c1-15(30-22(34)35)14-36-18-8-10-32(20(18)33)17-7-9-31(13-19(17)37-38(5,6)23(2,3)4)21-28-11-16(12-29-21)24(25,26)27/h11-12,15,17-19,30H,7-10,13-14H2,1-6H3,(H,34,35)/t15?,17-,18?,19+/m0/s1. The van der Waals surface area contributed by atoms with Crippen molar-refractivity contribution in [1.82, 2.24) is 20.2 Å². The van der Waals surface area contributed by atoms with Crippen LogP contribution in [0.1, 0.15) is 46.1 Å². The van der Waals surface area contributed by atoms with E-state index in [4.69, 9.17) is 14.3 Å². The molecule has 10 nitrogen and oxygen atoms in total. The minimum atomic E-state index is -4.52. The fraction of sp³-hybridized carbons (Fsp3) is 0.750. The number of rotatable bonds is 8. The fourth-order valence-electron chi connectivity index (χ4n) is 4.42. The lowest BCUT2D eigenvalue weighted by molar-refractivity contribution is -0.141. The summed E-state index contributed by atoms with van der Waals surface area (Å²) in [6, 6.07) is -0.707. The van der Waals surface area contributed by atoms with Gasteiger partial charge in [0.05, 0.1) is 30.4 Å². The van der Waals surface area contributed by atoms with E-state index < -0.39 is 44.4 Å². The number of anilines is 1. The van der Waals surface area contributed by atoms with Gasteiger partial charge in [0.1, 0.15) is 6.10 Å². The number of aromatic nitrogens is 2. The van der Waals surface area contributed by atoms with Gasteiger partial charge in [-0.05, 0) is 31.5 Å². The number of piperidine rings is 1. The predicted octanol–water partition coefficient (Wildman–Crippen LogP) is 3.74. The monoisotopic (exact) mass is 561 g/mol. The summed E-state index contributed by atoms with van der Waals surface area (Å²) < 4.78 is 51.5. The number of amides is 2. The van der Waals surface area contributed by atoms with Gasteiger partial charge in [0.2, 0.25) is 5.95 Å². The van der Waals surface area contributed by atoms with Crippen LogP contribution in [0, 0.1) is 0 Å². The molecule has 0 bridgehead atoms. The van der Waals surface area contributed by atoms with Crippen molar-refractivity contribution in [3.05, 3.63) is 18.0 Å². The molecule has 4 atom stereocenters. The van der Waals surface area contributed by atoms with Gasteiger partial charge in [-0.1, -0.05) is 20.8 Å². The second-order valence-electron chi connectivity index (χ2n) is 11.5. The molecule has 2 aliphatic heterocycles. The summed E-state index contributed by atoms with van der Waals surface area (Å²) in [6.45, 7) is 13.6. The van der Waals surface area contributed by atoms with Crippen molar-refractivity contribution in [3.63, 3.8) is 0 Å². The molecule has 0 spiro atoms. The smallest absolute Gasteiger partial charge is 0.419 e. The molecule has 3 heterocycles. The molecule has 2 N–H and O–H groups in total. The average Bonchev–Trinajstić information content (AvgIpc) is 3.15. The highest BCUT2D eigenvalue weighted by Gasteiger charge is 2.47. The number of carbonyl (C=O) groups excluding carboxylic acids is 1. The second kappa shape index (κ2) is 11.3. The molecule has 14 heteroatoms. The molecule has 2 fully saturated rings.